The summed E-state index contributed by atoms with van der Waals surface area (Å²) in [6.45, 7) is 1.58. The van der Waals surface area contributed by atoms with Crippen LogP contribution in [-0.2, 0) is 6.18 Å². The number of carbonyl (C=O) groups excluding carboxylic acids is 1. The van der Waals surface area contributed by atoms with Crippen molar-refractivity contribution in [2.75, 3.05) is 0 Å². The molecule has 2 aliphatic rings. The Morgan fingerprint density at radius 2 is 1.84 bits per heavy atom. The first-order valence-corrected chi connectivity index (χ1v) is 6.61. The van der Waals surface area contributed by atoms with Gasteiger partial charge in [-0.05, 0) is 49.3 Å². The number of benzene rings is 1. The van der Waals surface area contributed by atoms with Crippen molar-refractivity contribution in [1.29, 1.82) is 0 Å². The van der Waals surface area contributed by atoms with Crippen molar-refractivity contribution < 1.29 is 18.0 Å². The molecule has 0 heterocycles. The molecular formula is C15H15F3O. The first-order valence-electron chi connectivity index (χ1n) is 6.61. The molecule has 1 aromatic rings. The van der Waals surface area contributed by atoms with Crippen LogP contribution in [0.25, 0.3) is 0 Å². The first kappa shape index (κ1) is 12.7. The van der Waals surface area contributed by atoms with Gasteiger partial charge in [0.25, 0.3) is 0 Å². The Hall–Kier alpha value is -1.32. The molecule has 0 aliphatic heterocycles. The van der Waals surface area contributed by atoms with Crippen molar-refractivity contribution in [1.82, 2.24) is 0 Å². The monoisotopic (exact) mass is 268 g/mol. The summed E-state index contributed by atoms with van der Waals surface area (Å²) in [5.74, 6) is 1.11. The lowest BCUT2D eigenvalue weighted by Crippen LogP contribution is -2.11. The van der Waals surface area contributed by atoms with Gasteiger partial charge in [-0.15, -0.1) is 0 Å². The second-order valence-electron chi connectivity index (χ2n) is 5.68. The smallest absolute Gasteiger partial charge is 0.294 e. The minimum Gasteiger partial charge on any atom is -0.294 e. The number of hydrogen-bond donors (Lipinski definition) is 0. The molecule has 0 saturated heterocycles. The molecule has 0 aromatic heterocycles. The molecule has 0 spiro atoms. The summed E-state index contributed by atoms with van der Waals surface area (Å²) >= 11 is 0. The number of ketones is 1. The summed E-state index contributed by atoms with van der Waals surface area (Å²) in [6, 6.07) is 3.43. The highest BCUT2D eigenvalue weighted by Crippen LogP contribution is 2.58. The molecule has 2 atom stereocenters. The van der Waals surface area contributed by atoms with Gasteiger partial charge in [0.2, 0.25) is 0 Å². The molecule has 0 N–H and O–H groups in total. The van der Waals surface area contributed by atoms with Crippen molar-refractivity contribution >= 4 is 5.78 Å². The SMILES string of the molecule is Cc1cc(C(F)(F)F)ccc1C(=O)C1C2CCCC21. The van der Waals surface area contributed by atoms with E-state index >= 15 is 0 Å². The summed E-state index contributed by atoms with van der Waals surface area (Å²) in [7, 11) is 0. The molecule has 19 heavy (non-hydrogen) atoms. The van der Waals surface area contributed by atoms with Crippen molar-refractivity contribution in [3.63, 3.8) is 0 Å². The molecule has 0 bridgehead atoms. The van der Waals surface area contributed by atoms with Gasteiger partial charge in [-0.2, -0.15) is 13.2 Å². The molecule has 4 heteroatoms. The fraction of sp³-hybridized carbons (Fsp3) is 0.533. The molecule has 0 amide bonds. The van der Waals surface area contributed by atoms with Gasteiger partial charge in [0, 0.05) is 11.5 Å². The fourth-order valence-corrected chi connectivity index (χ4v) is 3.51. The van der Waals surface area contributed by atoms with E-state index in [9.17, 15) is 18.0 Å². The molecular weight excluding hydrogens is 253 g/mol. The van der Waals surface area contributed by atoms with E-state index in [1.165, 1.54) is 12.5 Å². The molecule has 102 valence electrons. The molecule has 1 nitrogen and oxygen atoms in total. The van der Waals surface area contributed by atoms with Crippen molar-refractivity contribution in [2.24, 2.45) is 17.8 Å². The molecule has 0 radical (unpaired) electrons. The number of halogens is 3. The molecule has 2 unspecified atom stereocenters. The van der Waals surface area contributed by atoms with Crippen LogP contribution in [0.15, 0.2) is 18.2 Å². The van der Waals surface area contributed by atoms with Gasteiger partial charge in [0.05, 0.1) is 5.56 Å². The lowest BCUT2D eigenvalue weighted by Gasteiger charge is -2.11. The lowest BCUT2D eigenvalue weighted by atomic mass is 9.96. The average molecular weight is 268 g/mol. The van der Waals surface area contributed by atoms with Gasteiger partial charge in [-0.3, -0.25) is 4.79 Å². The maximum Gasteiger partial charge on any atom is 0.416 e. The van der Waals surface area contributed by atoms with Crippen molar-refractivity contribution in [3.05, 3.63) is 34.9 Å². The van der Waals surface area contributed by atoms with Crippen LogP contribution < -0.4 is 0 Å². The van der Waals surface area contributed by atoms with Gasteiger partial charge in [0.15, 0.2) is 5.78 Å². The van der Waals surface area contributed by atoms with Crippen LogP contribution in [0.4, 0.5) is 13.2 Å². The predicted octanol–water partition coefficient (Wildman–Crippen LogP) is 4.24. The minimum atomic E-state index is -4.34. The van der Waals surface area contributed by atoms with E-state index in [1.54, 1.807) is 6.92 Å². The Labute approximate surface area is 109 Å². The summed E-state index contributed by atoms with van der Waals surface area (Å²) in [6.07, 6.45) is -0.963. The topological polar surface area (TPSA) is 17.1 Å². The van der Waals surface area contributed by atoms with Gasteiger partial charge in [0.1, 0.15) is 0 Å². The van der Waals surface area contributed by atoms with E-state index in [0.717, 1.165) is 25.0 Å². The zero-order chi connectivity index (χ0) is 13.8. The van der Waals surface area contributed by atoms with E-state index in [-0.39, 0.29) is 11.7 Å². The van der Waals surface area contributed by atoms with Gasteiger partial charge in [-0.25, -0.2) is 0 Å². The molecule has 2 saturated carbocycles. The Balaban J connectivity index is 1.84. The molecule has 2 aliphatic carbocycles. The van der Waals surface area contributed by atoms with Crippen LogP contribution in [0.5, 0.6) is 0 Å². The number of alkyl halides is 3. The highest BCUT2D eigenvalue weighted by molar-refractivity contribution is 6.01. The summed E-state index contributed by atoms with van der Waals surface area (Å²) in [5, 5.41) is 0. The molecule has 3 rings (SSSR count). The average Bonchev–Trinajstić information content (AvgIpc) is 2.80. The lowest BCUT2D eigenvalue weighted by molar-refractivity contribution is -0.137. The summed E-state index contributed by atoms with van der Waals surface area (Å²) in [4.78, 5) is 12.3. The van der Waals surface area contributed by atoms with Gasteiger partial charge >= 0.3 is 6.18 Å². The van der Waals surface area contributed by atoms with Crippen LogP contribution in [0.3, 0.4) is 0 Å². The number of Topliss-reactive ketones (excluding diaryl/α,β-unsaturated/α-hetero) is 1. The van der Waals surface area contributed by atoms with Crippen molar-refractivity contribution in [2.45, 2.75) is 32.4 Å². The largest absolute Gasteiger partial charge is 0.416 e. The number of fused-ring (bicyclic) bond motifs is 1. The quantitative estimate of drug-likeness (QED) is 0.733. The van der Waals surface area contributed by atoms with Crippen LogP contribution in [0.2, 0.25) is 0 Å². The third-order valence-electron chi connectivity index (χ3n) is 4.53. The highest BCUT2D eigenvalue weighted by Gasteiger charge is 2.56. The van der Waals surface area contributed by atoms with E-state index in [4.69, 9.17) is 0 Å². The molecule has 2 fully saturated rings. The van der Waals surface area contributed by atoms with E-state index in [2.05, 4.69) is 0 Å². The third-order valence-corrected chi connectivity index (χ3v) is 4.53. The Morgan fingerprint density at radius 3 is 2.37 bits per heavy atom. The second kappa shape index (κ2) is 4.09. The van der Waals surface area contributed by atoms with Gasteiger partial charge < -0.3 is 0 Å². The van der Waals surface area contributed by atoms with Crippen LogP contribution in [0, 0.1) is 24.7 Å². The Bertz CT molecular complexity index is 523. The normalized spacial score (nSPS) is 29.2. The van der Waals surface area contributed by atoms with Crippen molar-refractivity contribution in [3.8, 4) is 0 Å². The Morgan fingerprint density at radius 1 is 1.21 bits per heavy atom. The van der Waals surface area contributed by atoms with Crippen LogP contribution in [-0.4, -0.2) is 5.78 Å². The Kier molecular flexibility index (Phi) is 2.73. The maximum atomic E-state index is 12.6. The molecule has 1 aromatic carbocycles. The first-order chi connectivity index (χ1) is 8.89. The van der Waals surface area contributed by atoms with E-state index < -0.39 is 11.7 Å². The number of aryl methyl sites for hydroxylation is 1. The summed E-state index contributed by atoms with van der Waals surface area (Å²) in [5.41, 5.74) is 0.217. The third kappa shape index (κ3) is 2.07. The van der Waals surface area contributed by atoms with Crippen LogP contribution in [0.1, 0.15) is 40.7 Å². The number of rotatable bonds is 2. The van der Waals surface area contributed by atoms with E-state index in [1.807, 2.05) is 0 Å². The number of hydrogen-bond acceptors (Lipinski definition) is 1. The predicted molar refractivity (Wildman–Crippen MR) is 64.8 cm³/mol. The number of carbonyl (C=O) groups is 1. The van der Waals surface area contributed by atoms with E-state index in [0.29, 0.717) is 23.0 Å². The fourth-order valence-electron chi connectivity index (χ4n) is 3.51. The maximum absolute atomic E-state index is 12.6. The van der Waals surface area contributed by atoms with Crippen LogP contribution >= 0.6 is 0 Å². The zero-order valence-corrected chi connectivity index (χ0v) is 10.6. The highest BCUT2D eigenvalue weighted by atomic mass is 19.4. The summed E-state index contributed by atoms with van der Waals surface area (Å²) < 4.78 is 37.7. The second-order valence-corrected chi connectivity index (χ2v) is 5.68. The zero-order valence-electron chi connectivity index (χ0n) is 10.6. The standard InChI is InChI=1S/C15H15F3O/c1-8-7-9(15(16,17)18)5-6-10(8)14(19)13-11-3-2-4-12(11)13/h5-7,11-13H,2-4H2,1H3. The van der Waals surface area contributed by atoms with Gasteiger partial charge in [-0.1, -0.05) is 12.5 Å². The minimum absolute atomic E-state index is 0.0425.